The lowest BCUT2D eigenvalue weighted by atomic mass is 9.71. The zero-order valence-corrected chi connectivity index (χ0v) is 12.9. The van der Waals surface area contributed by atoms with Crippen LogP contribution in [0.15, 0.2) is 0 Å². The Morgan fingerprint density at radius 3 is 2.32 bits per heavy atom. The van der Waals surface area contributed by atoms with Crippen molar-refractivity contribution < 1.29 is 9.90 Å². The standard InChI is InChI=1S/C16H31NO2/c1-4-5-6-7-8-14(18)17-13-16(19)11-9-15(2,3)10-12-16/h19H,4-13H2,1-3H3,(H,17,18). The average molecular weight is 269 g/mol. The molecule has 0 aliphatic heterocycles. The van der Waals surface area contributed by atoms with E-state index in [9.17, 15) is 9.90 Å². The third-order valence-corrected chi connectivity index (χ3v) is 4.41. The molecule has 0 unspecified atom stereocenters. The smallest absolute Gasteiger partial charge is 0.220 e. The molecule has 1 aliphatic carbocycles. The number of aliphatic hydroxyl groups is 1. The number of carbonyl (C=O) groups is 1. The van der Waals surface area contributed by atoms with Gasteiger partial charge in [0, 0.05) is 13.0 Å². The lowest BCUT2D eigenvalue weighted by molar-refractivity contribution is -0.123. The number of amides is 1. The van der Waals surface area contributed by atoms with Crippen molar-refractivity contribution in [1.82, 2.24) is 5.32 Å². The van der Waals surface area contributed by atoms with Gasteiger partial charge in [0.1, 0.15) is 0 Å². The number of carbonyl (C=O) groups excluding carboxylic acids is 1. The molecule has 112 valence electrons. The Morgan fingerprint density at radius 1 is 1.11 bits per heavy atom. The van der Waals surface area contributed by atoms with Crippen molar-refractivity contribution in [3.8, 4) is 0 Å². The number of nitrogens with one attached hydrogen (secondary N) is 1. The lowest BCUT2D eigenvalue weighted by Crippen LogP contribution is -2.46. The van der Waals surface area contributed by atoms with Crippen LogP contribution in [0.4, 0.5) is 0 Å². The molecule has 3 heteroatoms. The van der Waals surface area contributed by atoms with E-state index < -0.39 is 5.60 Å². The molecule has 1 fully saturated rings. The molecule has 0 saturated heterocycles. The van der Waals surface area contributed by atoms with Gasteiger partial charge in [-0.3, -0.25) is 4.79 Å². The Bertz CT molecular complexity index is 276. The Balaban J connectivity index is 2.19. The summed E-state index contributed by atoms with van der Waals surface area (Å²) in [5, 5.41) is 13.4. The minimum Gasteiger partial charge on any atom is -0.388 e. The Kier molecular flexibility index (Phi) is 6.31. The van der Waals surface area contributed by atoms with Crippen LogP contribution in [0.3, 0.4) is 0 Å². The van der Waals surface area contributed by atoms with Gasteiger partial charge in [-0.05, 0) is 37.5 Å². The Morgan fingerprint density at radius 2 is 1.74 bits per heavy atom. The van der Waals surface area contributed by atoms with E-state index in [0.717, 1.165) is 38.5 Å². The fraction of sp³-hybridized carbons (Fsp3) is 0.938. The highest BCUT2D eigenvalue weighted by molar-refractivity contribution is 5.75. The van der Waals surface area contributed by atoms with Crippen molar-refractivity contribution in [3.63, 3.8) is 0 Å². The van der Waals surface area contributed by atoms with Crippen LogP contribution >= 0.6 is 0 Å². The van der Waals surface area contributed by atoms with Gasteiger partial charge in [-0.25, -0.2) is 0 Å². The van der Waals surface area contributed by atoms with E-state index in [4.69, 9.17) is 0 Å². The number of rotatable bonds is 7. The van der Waals surface area contributed by atoms with Crippen molar-refractivity contribution in [1.29, 1.82) is 0 Å². The number of hydrogen-bond acceptors (Lipinski definition) is 2. The van der Waals surface area contributed by atoms with Crippen LogP contribution in [-0.2, 0) is 4.79 Å². The number of hydrogen-bond donors (Lipinski definition) is 2. The maximum Gasteiger partial charge on any atom is 0.220 e. The molecule has 1 amide bonds. The van der Waals surface area contributed by atoms with Gasteiger partial charge in [0.05, 0.1) is 5.60 Å². The largest absolute Gasteiger partial charge is 0.388 e. The molecule has 0 aromatic heterocycles. The minimum atomic E-state index is -0.672. The SMILES string of the molecule is CCCCCCC(=O)NCC1(O)CCC(C)(C)CC1. The van der Waals surface area contributed by atoms with Gasteiger partial charge in [0.15, 0.2) is 0 Å². The van der Waals surface area contributed by atoms with Crippen LogP contribution < -0.4 is 5.32 Å². The molecular weight excluding hydrogens is 238 g/mol. The van der Waals surface area contributed by atoms with Crippen LogP contribution in [-0.4, -0.2) is 23.2 Å². The first-order chi connectivity index (χ1) is 8.87. The fourth-order valence-electron chi connectivity index (χ4n) is 2.63. The molecule has 19 heavy (non-hydrogen) atoms. The van der Waals surface area contributed by atoms with E-state index in [1.165, 1.54) is 12.8 Å². The first-order valence-electron chi connectivity index (χ1n) is 7.86. The van der Waals surface area contributed by atoms with Gasteiger partial charge in [-0.2, -0.15) is 0 Å². The van der Waals surface area contributed by atoms with Gasteiger partial charge < -0.3 is 10.4 Å². The monoisotopic (exact) mass is 269 g/mol. The van der Waals surface area contributed by atoms with Crippen molar-refractivity contribution >= 4 is 5.91 Å². The van der Waals surface area contributed by atoms with E-state index in [1.54, 1.807) is 0 Å². The zero-order valence-electron chi connectivity index (χ0n) is 12.9. The van der Waals surface area contributed by atoms with Gasteiger partial charge in [0.25, 0.3) is 0 Å². The lowest BCUT2D eigenvalue weighted by Gasteiger charge is -2.40. The maximum atomic E-state index is 11.7. The van der Waals surface area contributed by atoms with Crippen LogP contribution in [0.2, 0.25) is 0 Å². The van der Waals surface area contributed by atoms with Crippen LogP contribution in [0.5, 0.6) is 0 Å². The highest BCUT2D eigenvalue weighted by atomic mass is 16.3. The summed E-state index contributed by atoms with van der Waals surface area (Å²) in [5.74, 6) is 0.0920. The van der Waals surface area contributed by atoms with E-state index in [1.807, 2.05) is 0 Å². The van der Waals surface area contributed by atoms with Crippen LogP contribution in [0.1, 0.15) is 78.6 Å². The summed E-state index contributed by atoms with van der Waals surface area (Å²) < 4.78 is 0. The summed E-state index contributed by atoms with van der Waals surface area (Å²) in [7, 11) is 0. The molecule has 1 aliphatic rings. The first kappa shape index (κ1) is 16.5. The summed E-state index contributed by atoms with van der Waals surface area (Å²) >= 11 is 0. The molecule has 1 saturated carbocycles. The Hall–Kier alpha value is -0.570. The highest BCUT2D eigenvalue weighted by Gasteiger charge is 2.36. The second-order valence-corrected chi connectivity index (χ2v) is 6.98. The summed E-state index contributed by atoms with van der Waals surface area (Å²) in [6.07, 6.45) is 8.76. The molecule has 0 spiro atoms. The molecule has 0 aromatic rings. The summed E-state index contributed by atoms with van der Waals surface area (Å²) in [4.78, 5) is 11.7. The normalized spacial score (nSPS) is 21.1. The van der Waals surface area contributed by atoms with Crippen molar-refractivity contribution in [2.45, 2.75) is 84.2 Å². The highest BCUT2D eigenvalue weighted by Crippen LogP contribution is 2.39. The van der Waals surface area contributed by atoms with E-state index >= 15 is 0 Å². The van der Waals surface area contributed by atoms with Crippen molar-refractivity contribution in [2.75, 3.05) is 6.54 Å². The molecule has 0 atom stereocenters. The van der Waals surface area contributed by atoms with Gasteiger partial charge >= 0.3 is 0 Å². The van der Waals surface area contributed by atoms with Crippen molar-refractivity contribution in [3.05, 3.63) is 0 Å². The second kappa shape index (κ2) is 7.28. The first-order valence-corrected chi connectivity index (χ1v) is 7.86. The van der Waals surface area contributed by atoms with E-state index in [0.29, 0.717) is 18.4 Å². The molecule has 0 aromatic carbocycles. The third kappa shape index (κ3) is 6.42. The molecular formula is C16H31NO2. The maximum absolute atomic E-state index is 11.7. The van der Waals surface area contributed by atoms with Crippen molar-refractivity contribution in [2.24, 2.45) is 5.41 Å². The molecule has 0 bridgehead atoms. The molecule has 0 heterocycles. The summed E-state index contributed by atoms with van der Waals surface area (Å²) in [6.45, 7) is 7.09. The second-order valence-electron chi connectivity index (χ2n) is 6.98. The predicted molar refractivity (Wildman–Crippen MR) is 79.0 cm³/mol. The predicted octanol–water partition coefficient (Wildman–Crippen LogP) is 3.40. The van der Waals surface area contributed by atoms with Gasteiger partial charge in [-0.15, -0.1) is 0 Å². The molecule has 0 radical (unpaired) electrons. The average Bonchev–Trinajstić information content (AvgIpc) is 2.37. The summed E-state index contributed by atoms with van der Waals surface area (Å²) in [6, 6.07) is 0. The number of unbranched alkanes of at least 4 members (excludes halogenated alkanes) is 3. The molecule has 3 nitrogen and oxygen atoms in total. The summed E-state index contributed by atoms with van der Waals surface area (Å²) in [5.41, 5.74) is -0.328. The topological polar surface area (TPSA) is 49.3 Å². The Labute approximate surface area is 118 Å². The zero-order chi connectivity index (χ0) is 14.4. The molecule has 2 N–H and O–H groups in total. The fourth-order valence-corrected chi connectivity index (χ4v) is 2.63. The van der Waals surface area contributed by atoms with Gasteiger partial charge in [0.2, 0.25) is 5.91 Å². The minimum absolute atomic E-state index is 0.0920. The van der Waals surface area contributed by atoms with Crippen LogP contribution in [0.25, 0.3) is 0 Å². The van der Waals surface area contributed by atoms with E-state index in [2.05, 4.69) is 26.1 Å². The quantitative estimate of drug-likeness (QED) is 0.696. The molecule has 1 rings (SSSR count). The third-order valence-electron chi connectivity index (χ3n) is 4.41. The van der Waals surface area contributed by atoms with E-state index in [-0.39, 0.29) is 5.91 Å². The van der Waals surface area contributed by atoms with Crippen LogP contribution in [0, 0.1) is 5.41 Å². The van der Waals surface area contributed by atoms with Gasteiger partial charge in [-0.1, -0.05) is 40.0 Å².